The molecule has 0 aliphatic rings. The second-order valence-electron chi connectivity index (χ2n) is 9.38. The number of H-pyrrole nitrogens is 1. The van der Waals surface area contributed by atoms with Gasteiger partial charge >= 0.3 is 5.97 Å². The minimum atomic E-state index is -1.08. The molecule has 43 heavy (non-hydrogen) atoms. The molecule has 0 radical (unpaired) electrons. The smallest absolute Gasteiger partial charge is 0.335 e. The average molecular weight is 605 g/mol. The lowest BCUT2D eigenvalue weighted by Crippen LogP contribution is -2.36. The predicted octanol–water partition coefficient (Wildman–Crippen LogP) is 1.97. The summed E-state index contributed by atoms with van der Waals surface area (Å²) in [5.41, 5.74) is 4.11. The van der Waals surface area contributed by atoms with Gasteiger partial charge in [0.1, 0.15) is 28.6 Å². The Morgan fingerprint density at radius 1 is 1.09 bits per heavy atom. The molecule has 0 aliphatic heterocycles. The Morgan fingerprint density at radius 2 is 1.81 bits per heavy atom. The predicted molar refractivity (Wildman–Crippen MR) is 154 cm³/mol. The molecule has 16 heteroatoms. The van der Waals surface area contributed by atoms with E-state index < -0.39 is 40.5 Å². The molecule has 0 spiro atoms. The second kappa shape index (κ2) is 11.2. The standard InChI is InChI=1S/C27H21FN8O6S/c1-11(13-3-5-14(6-4-13)25(41)42)31-23(39)17-9-18(36-26(33-17)34-35-27(36)43)24(40)30-10-12-2-7-15(28)16(8-12)32-20-19(29)21(37)22(20)38/h2-9,11,32H,10,29H2,1H3,(H,30,40)(H,31,39)(H,35,43)(H,41,42)/t11-/m0/s1. The van der Waals surface area contributed by atoms with Crippen LogP contribution in [-0.4, -0.2) is 42.5 Å². The number of nitrogens with zero attached hydrogens (tertiary/aromatic N) is 3. The highest BCUT2D eigenvalue weighted by molar-refractivity contribution is 7.71. The monoisotopic (exact) mass is 604 g/mol. The summed E-state index contributed by atoms with van der Waals surface area (Å²) >= 11 is 5.23. The van der Waals surface area contributed by atoms with E-state index >= 15 is 0 Å². The van der Waals surface area contributed by atoms with Gasteiger partial charge in [-0.15, -0.1) is 5.10 Å². The summed E-state index contributed by atoms with van der Waals surface area (Å²) in [5, 5.41) is 23.5. The van der Waals surface area contributed by atoms with Crippen molar-refractivity contribution in [2.24, 2.45) is 0 Å². The maximum atomic E-state index is 14.4. The van der Waals surface area contributed by atoms with Gasteiger partial charge in [-0.3, -0.25) is 19.2 Å². The van der Waals surface area contributed by atoms with E-state index in [9.17, 15) is 28.4 Å². The summed E-state index contributed by atoms with van der Waals surface area (Å²) in [4.78, 5) is 64.7. The van der Waals surface area contributed by atoms with Crippen LogP contribution in [0.4, 0.5) is 21.5 Å². The summed E-state index contributed by atoms with van der Waals surface area (Å²) in [6, 6.07) is 10.5. The number of amides is 2. The molecule has 0 unspecified atom stereocenters. The highest BCUT2D eigenvalue weighted by Crippen LogP contribution is 2.23. The lowest BCUT2D eigenvalue weighted by atomic mass is 10.1. The molecule has 0 aliphatic carbocycles. The number of carbonyl (C=O) groups excluding carboxylic acids is 2. The number of nitrogen functional groups attached to an aromatic ring is 1. The maximum absolute atomic E-state index is 14.4. The lowest BCUT2D eigenvalue weighted by Gasteiger charge is -2.15. The van der Waals surface area contributed by atoms with Crippen molar-refractivity contribution in [3.63, 3.8) is 0 Å². The first-order valence-electron chi connectivity index (χ1n) is 12.5. The highest BCUT2D eigenvalue weighted by atomic mass is 32.1. The SMILES string of the molecule is C[C@H](NC(=O)c1cc(C(=O)NCc2ccc(F)c(Nc3c(N)c(=O)c3=O)c2)n2c(=S)[nH]nc2n1)c1ccc(C(=O)O)cc1. The third-order valence-corrected chi connectivity index (χ3v) is 6.82. The van der Waals surface area contributed by atoms with E-state index in [0.29, 0.717) is 11.1 Å². The fraction of sp³-hybridized carbons (Fsp3) is 0.111. The number of aromatic carboxylic acids is 1. The second-order valence-corrected chi connectivity index (χ2v) is 9.77. The van der Waals surface area contributed by atoms with Crippen molar-refractivity contribution in [1.82, 2.24) is 30.2 Å². The Balaban J connectivity index is 1.35. The molecule has 2 amide bonds. The Bertz CT molecular complexity index is 2060. The van der Waals surface area contributed by atoms with E-state index in [4.69, 9.17) is 23.1 Å². The van der Waals surface area contributed by atoms with Gasteiger partial charge in [0.15, 0.2) is 0 Å². The van der Waals surface area contributed by atoms with Crippen LogP contribution in [0.3, 0.4) is 0 Å². The van der Waals surface area contributed by atoms with E-state index in [1.165, 1.54) is 34.7 Å². The number of anilines is 3. The molecule has 2 heterocycles. The van der Waals surface area contributed by atoms with E-state index in [1.54, 1.807) is 19.1 Å². The third kappa shape index (κ3) is 5.58. The van der Waals surface area contributed by atoms with Crippen LogP contribution in [0.5, 0.6) is 0 Å². The van der Waals surface area contributed by atoms with Gasteiger partial charge in [-0.2, -0.15) is 0 Å². The Labute approximate surface area is 245 Å². The summed E-state index contributed by atoms with van der Waals surface area (Å²) in [6.07, 6.45) is 0. The van der Waals surface area contributed by atoms with Gasteiger partial charge in [0, 0.05) is 6.54 Å². The van der Waals surface area contributed by atoms with Crippen LogP contribution < -0.4 is 32.5 Å². The number of benzene rings is 2. The van der Waals surface area contributed by atoms with Crippen molar-refractivity contribution in [2.45, 2.75) is 19.5 Å². The van der Waals surface area contributed by atoms with Gasteiger partial charge in [0.25, 0.3) is 28.4 Å². The molecule has 7 N–H and O–H groups in total. The summed E-state index contributed by atoms with van der Waals surface area (Å²) in [7, 11) is 0. The van der Waals surface area contributed by atoms with Crippen LogP contribution in [0.1, 0.15) is 55.4 Å². The number of rotatable bonds is 9. The van der Waals surface area contributed by atoms with E-state index in [-0.39, 0.29) is 51.1 Å². The number of aromatic amines is 1. The first kappa shape index (κ1) is 28.7. The summed E-state index contributed by atoms with van der Waals surface area (Å²) in [5.74, 6) is -3.13. The quantitative estimate of drug-likeness (QED) is 0.106. The van der Waals surface area contributed by atoms with Gasteiger partial charge in [0.2, 0.25) is 4.77 Å². The molecular weight excluding hydrogens is 583 g/mol. The number of hydrogen-bond acceptors (Lipinski definition) is 10. The first-order chi connectivity index (χ1) is 20.4. The largest absolute Gasteiger partial charge is 0.478 e. The molecule has 0 bridgehead atoms. The number of carboxylic acids is 1. The van der Waals surface area contributed by atoms with E-state index in [0.717, 1.165) is 6.07 Å². The van der Waals surface area contributed by atoms with Gasteiger partial charge < -0.3 is 26.8 Å². The maximum Gasteiger partial charge on any atom is 0.335 e. The van der Waals surface area contributed by atoms with Gasteiger partial charge in [-0.1, -0.05) is 18.2 Å². The summed E-state index contributed by atoms with van der Waals surface area (Å²) < 4.78 is 15.6. The molecule has 1 atom stereocenters. The lowest BCUT2D eigenvalue weighted by molar-refractivity contribution is 0.0696. The fourth-order valence-electron chi connectivity index (χ4n) is 4.19. The highest BCUT2D eigenvalue weighted by Gasteiger charge is 2.22. The van der Waals surface area contributed by atoms with Gasteiger partial charge in [-0.25, -0.2) is 23.7 Å². The van der Waals surface area contributed by atoms with Gasteiger partial charge in [-0.05, 0) is 60.6 Å². The van der Waals surface area contributed by atoms with Gasteiger partial charge in [0.05, 0.1) is 17.3 Å². The van der Waals surface area contributed by atoms with Crippen molar-refractivity contribution < 1.29 is 23.9 Å². The number of carboxylic acid groups (broad SMARTS) is 1. The average Bonchev–Trinajstić information content (AvgIpc) is 3.38. The van der Waals surface area contributed by atoms with Crippen LogP contribution in [0, 0.1) is 10.6 Å². The number of carbonyl (C=O) groups is 3. The van der Waals surface area contributed by atoms with Crippen molar-refractivity contribution >= 4 is 52.8 Å². The number of nitrogens with one attached hydrogen (secondary N) is 4. The molecule has 2 aromatic heterocycles. The minimum absolute atomic E-state index is 0.0416. The van der Waals surface area contributed by atoms with Crippen LogP contribution in [-0.2, 0) is 6.54 Å². The zero-order valence-corrected chi connectivity index (χ0v) is 22.9. The van der Waals surface area contributed by atoms with E-state index in [1.807, 2.05) is 0 Å². The Morgan fingerprint density at radius 3 is 2.49 bits per heavy atom. The molecule has 0 saturated carbocycles. The normalized spacial score (nSPS) is 11.8. The van der Waals surface area contributed by atoms with Crippen LogP contribution in [0.15, 0.2) is 58.1 Å². The Hall–Kier alpha value is -5.77. The number of hydrogen-bond donors (Lipinski definition) is 6. The topological polar surface area (TPSA) is 214 Å². The third-order valence-electron chi connectivity index (χ3n) is 6.55. The zero-order chi connectivity index (χ0) is 31.0. The van der Waals surface area contributed by atoms with Crippen LogP contribution >= 0.6 is 12.2 Å². The molecule has 3 aromatic carbocycles. The van der Waals surface area contributed by atoms with Crippen molar-refractivity contribution in [3.8, 4) is 0 Å². The molecule has 5 aromatic rings. The van der Waals surface area contributed by atoms with Crippen molar-refractivity contribution in [3.05, 3.63) is 108 Å². The molecule has 5 rings (SSSR count). The van der Waals surface area contributed by atoms with E-state index in [2.05, 4.69) is 31.1 Å². The first-order valence-corrected chi connectivity index (χ1v) is 12.9. The zero-order valence-electron chi connectivity index (χ0n) is 22.1. The number of fused-ring (bicyclic) bond motifs is 1. The van der Waals surface area contributed by atoms with Crippen LogP contribution in [0.2, 0.25) is 0 Å². The molecule has 0 fully saturated rings. The molecule has 0 saturated heterocycles. The van der Waals surface area contributed by atoms with Crippen molar-refractivity contribution in [2.75, 3.05) is 11.1 Å². The Kier molecular flexibility index (Phi) is 7.52. The number of halogens is 1. The van der Waals surface area contributed by atoms with Crippen molar-refractivity contribution in [1.29, 1.82) is 0 Å². The number of nitrogens with two attached hydrogens (primary N) is 1. The summed E-state index contributed by atoms with van der Waals surface area (Å²) in [6.45, 7) is 1.59. The van der Waals surface area contributed by atoms with Crippen LogP contribution in [0.25, 0.3) is 5.78 Å². The minimum Gasteiger partial charge on any atom is -0.478 e. The fourth-order valence-corrected chi connectivity index (χ4v) is 4.41. The molecule has 218 valence electrons. The number of aromatic nitrogens is 4. The molecular formula is C27H21FN8O6S. The molecule has 14 nitrogen and oxygen atoms in total.